The second-order valence-electron chi connectivity index (χ2n) is 5.50. The number of nitrogens with one attached hydrogen (secondary N) is 1. The third-order valence-electron chi connectivity index (χ3n) is 3.82. The quantitative estimate of drug-likeness (QED) is 0.893. The number of benzene rings is 1. The Morgan fingerprint density at radius 3 is 2.95 bits per heavy atom. The number of likely N-dealkylation sites (tertiary alicyclic amines) is 1. The van der Waals surface area contributed by atoms with Crippen LogP contribution in [0.4, 0.5) is 0 Å². The van der Waals surface area contributed by atoms with Crippen LogP contribution in [-0.4, -0.2) is 43.6 Å². The second-order valence-corrected chi connectivity index (χ2v) is 5.50. The maximum Gasteiger partial charge on any atom is 0.260 e. The molecule has 0 aliphatic carbocycles. The van der Waals surface area contributed by atoms with Gasteiger partial charge in [0.05, 0.1) is 0 Å². The molecular formula is C16H24N2O2. The van der Waals surface area contributed by atoms with E-state index in [0.29, 0.717) is 6.04 Å². The molecule has 1 aliphatic heterocycles. The van der Waals surface area contributed by atoms with Crippen LogP contribution >= 0.6 is 0 Å². The molecule has 1 saturated heterocycles. The van der Waals surface area contributed by atoms with Crippen LogP contribution in [0.25, 0.3) is 0 Å². The Labute approximate surface area is 121 Å². The minimum atomic E-state index is 0.0859. The molecule has 1 N–H and O–H groups in total. The van der Waals surface area contributed by atoms with Crippen molar-refractivity contribution in [3.63, 3.8) is 0 Å². The molecular weight excluding hydrogens is 252 g/mol. The second kappa shape index (κ2) is 6.75. The van der Waals surface area contributed by atoms with Crippen molar-refractivity contribution < 1.29 is 9.53 Å². The van der Waals surface area contributed by atoms with E-state index in [0.717, 1.165) is 37.2 Å². The molecule has 1 atom stereocenters. The summed E-state index contributed by atoms with van der Waals surface area (Å²) in [5.41, 5.74) is 2.28. The Hall–Kier alpha value is -1.55. The number of hydrogen-bond acceptors (Lipinski definition) is 3. The summed E-state index contributed by atoms with van der Waals surface area (Å²) in [5.74, 6) is 0.885. The highest BCUT2D eigenvalue weighted by molar-refractivity contribution is 5.78. The van der Waals surface area contributed by atoms with E-state index in [1.807, 2.05) is 31.0 Å². The predicted molar refractivity (Wildman–Crippen MR) is 80.1 cm³/mol. The van der Waals surface area contributed by atoms with Gasteiger partial charge >= 0.3 is 0 Å². The smallest absolute Gasteiger partial charge is 0.260 e. The van der Waals surface area contributed by atoms with Gasteiger partial charge in [0.25, 0.3) is 5.91 Å². The van der Waals surface area contributed by atoms with E-state index in [4.69, 9.17) is 4.74 Å². The van der Waals surface area contributed by atoms with Crippen molar-refractivity contribution in [2.24, 2.45) is 0 Å². The zero-order chi connectivity index (χ0) is 14.5. The highest BCUT2D eigenvalue weighted by atomic mass is 16.5. The Kier molecular flexibility index (Phi) is 5.01. The third-order valence-corrected chi connectivity index (χ3v) is 3.82. The molecule has 0 saturated carbocycles. The van der Waals surface area contributed by atoms with E-state index in [1.54, 1.807) is 0 Å². The van der Waals surface area contributed by atoms with Gasteiger partial charge in [-0.3, -0.25) is 4.79 Å². The number of carbonyl (C=O) groups is 1. The first-order valence-corrected chi connectivity index (χ1v) is 7.26. The van der Waals surface area contributed by atoms with E-state index in [-0.39, 0.29) is 12.5 Å². The number of hydrogen-bond donors (Lipinski definition) is 1. The van der Waals surface area contributed by atoms with Crippen molar-refractivity contribution in [1.82, 2.24) is 10.2 Å². The number of amides is 1. The van der Waals surface area contributed by atoms with Crippen LogP contribution in [0.15, 0.2) is 18.2 Å². The van der Waals surface area contributed by atoms with Gasteiger partial charge in [0.2, 0.25) is 0 Å². The average Bonchev–Trinajstić information content (AvgIpc) is 2.86. The van der Waals surface area contributed by atoms with Crippen molar-refractivity contribution >= 4 is 5.91 Å². The number of ether oxygens (including phenoxy) is 1. The van der Waals surface area contributed by atoms with Crippen molar-refractivity contribution in [2.45, 2.75) is 32.7 Å². The van der Waals surface area contributed by atoms with Crippen molar-refractivity contribution in [1.29, 1.82) is 0 Å². The molecule has 0 radical (unpaired) electrons. The van der Waals surface area contributed by atoms with E-state index in [1.165, 1.54) is 5.56 Å². The summed E-state index contributed by atoms with van der Waals surface area (Å²) in [6.07, 6.45) is 2.16. The summed E-state index contributed by atoms with van der Waals surface area (Å²) >= 11 is 0. The maximum absolute atomic E-state index is 12.3. The molecule has 1 aromatic rings. The Morgan fingerprint density at radius 1 is 1.45 bits per heavy atom. The number of aryl methyl sites for hydroxylation is 2. The van der Waals surface area contributed by atoms with Gasteiger partial charge in [0.1, 0.15) is 5.75 Å². The van der Waals surface area contributed by atoms with Crippen LogP contribution < -0.4 is 10.1 Å². The van der Waals surface area contributed by atoms with Crippen LogP contribution in [0.1, 0.15) is 24.0 Å². The fourth-order valence-corrected chi connectivity index (χ4v) is 2.80. The summed E-state index contributed by atoms with van der Waals surface area (Å²) in [6.45, 7) is 5.89. The summed E-state index contributed by atoms with van der Waals surface area (Å²) in [4.78, 5) is 14.2. The van der Waals surface area contributed by atoms with Gasteiger partial charge in [0, 0.05) is 19.1 Å². The fourth-order valence-electron chi connectivity index (χ4n) is 2.80. The average molecular weight is 276 g/mol. The molecule has 0 bridgehead atoms. The normalized spacial score (nSPS) is 18.4. The number of rotatable bonds is 5. The van der Waals surface area contributed by atoms with Crippen LogP contribution in [-0.2, 0) is 4.79 Å². The molecule has 1 heterocycles. The van der Waals surface area contributed by atoms with Gasteiger partial charge in [-0.25, -0.2) is 0 Å². The molecule has 110 valence electrons. The molecule has 0 unspecified atom stereocenters. The molecule has 2 rings (SSSR count). The monoisotopic (exact) mass is 276 g/mol. The van der Waals surface area contributed by atoms with E-state index in [9.17, 15) is 4.79 Å². The van der Waals surface area contributed by atoms with Gasteiger partial charge < -0.3 is 15.0 Å². The Bertz CT molecular complexity index is 474. The SMILES string of the molecule is CNC[C@H]1CCCN1C(=O)COc1ccc(C)cc1C. The van der Waals surface area contributed by atoms with E-state index >= 15 is 0 Å². The molecule has 1 fully saturated rings. The predicted octanol–water partition coefficient (Wildman–Crippen LogP) is 1.89. The first-order valence-electron chi connectivity index (χ1n) is 7.26. The lowest BCUT2D eigenvalue weighted by Gasteiger charge is -2.24. The summed E-state index contributed by atoms with van der Waals surface area (Å²) in [6, 6.07) is 6.33. The van der Waals surface area contributed by atoms with Crippen LogP contribution in [0.5, 0.6) is 5.75 Å². The van der Waals surface area contributed by atoms with Gasteiger partial charge in [-0.2, -0.15) is 0 Å². The largest absolute Gasteiger partial charge is 0.484 e. The molecule has 1 aromatic carbocycles. The van der Waals surface area contributed by atoms with Gasteiger partial charge in [-0.15, -0.1) is 0 Å². The Balaban J connectivity index is 1.91. The molecule has 0 aromatic heterocycles. The van der Waals surface area contributed by atoms with Crippen LogP contribution in [0, 0.1) is 13.8 Å². The lowest BCUT2D eigenvalue weighted by molar-refractivity contribution is -0.134. The molecule has 4 nitrogen and oxygen atoms in total. The molecule has 1 amide bonds. The fraction of sp³-hybridized carbons (Fsp3) is 0.562. The highest BCUT2D eigenvalue weighted by Crippen LogP contribution is 2.20. The lowest BCUT2D eigenvalue weighted by atomic mass is 10.1. The first-order chi connectivity index (χ1) is 9.61. The molecule has 1 aliphatic rings. The summed E-state index contributed by atoms with van der Waals surface area (Å²) < 4.78 is 5.68. The van der Waals surface area contributed by atoms with E-state index in [2.05, 4.69) is 18.3 Å². The molecule has 20 heavy (non-hydrogen) atoms. The topological polar surface area (TPSA) is 41.6 Å². The zero-order valence-corrected chi connectivity index (χ0v) is 12.6. The van der Waals surface area contributed by atoms with Crippen LogP contribution in [0.3, 0.4) is 0 Å². The first kappa shape index (κ1) is 14.9. The number of likely N-dealkylation sites (N-methyl/N-ethyl adjacent to an activating group) is 1. The van der Waals surface area contributed by atoms with Crippen molar-refractivity contribution in [2.75, 3.05) is 26.7 Å². The van der Waals surface area contributed by atoms with Crippen molar-refractivity contribution in [3.8, 4) is 5.75 Å². The molecule has 0 spiro atoms. The lowest BCUT2D eigenvalue weighted by Crippen LogP contribution is -2.43. The highest BCUT2D eigenvalue weighted by Gasteiger charge is 2.28. The van der Waals surface area contributed by atoms with Gasteiger partial charge in [0.15, 0.2) is 6.61 Å². The van der Waals surface area contributed by atoms with Gasteiger partial charge in [-0.05, 0) is 45.4 Å². The van der Waals surface area contributed by atoms with Crippen LogP contribution in [0.2, 0.25) is 0 Å². The van der Waals surface area contributed by atoms with Gasteiger partial charge in [-0.1, -0.05) is 17.7 Å². The third kappa shape index (κ3) is 3.51. The minimum Gasteiger partial charge on any atom is -0.484 e. The van der Waals surface area contributed by atoms with Crippen molar-refractivity contribution in [3.05, 3.63) is 29.3 Å². The summed E-state index contributed by atoms with van der Waals surface area (Å²) in [7, 11) is 1.92. The Morgan fingerprint density at radius 2 is 2.25 bits per heavy atom. The maximum atomic E-state index is 12.3. The number of carbonyl (C=O) groups excluding carboxylic acids is 1. The minimum absolute atomic E-state index is 0.0859. The van der Waals surface area contributed by atoms with E-state index < -0.39 is 0 Å². The standard InChI is InChI=1S/C16H24N2O2/c1-12-6-7-15(13(2)9-12)20-11-16(19)18-8-4-5-14(18)10-17-3/h6-7,9,14,17H,4-5,8,10-11H2,1-3H3/t14-/m1/s1. The number of nitrogens with zero attached hydrogens (tertiary/aromatic N) is 1. The summed E-state index contributed by atoms with van der Waals surface area (Å²) in [5, 5.41) is 3.15. The zero-order valence-electron chi connectivity index (χ0n) is 12.6. The molecule has 4 heteroatoms.